The van der Waals surface area contributed by atoms with Crippen LogP contribution in [0.2, 0.25) is 0 Å². The summed E-state index contributed by atoms with van der Waals surface area (Å²) < 4.78 is 22.1. The number of ether oxygens (including phenoxy) is 4. The SMILES string of the molecule is CC(C)(C)c1ccc2c(c1)OC(C(=O)N/N=C\C=C\c1ccc3c(c1)OCO3)CO2. The average molecular weight is 408 g/mol. The predicted molar refractivity (Wildman–Crippen MR) is 113 cm³/mol. The number of allylic oxidation sites excluding steroid dienone is 1. The minimum atomic E-state index is -0.761. The highest BCUT2D eigenvalue weighted by molar-refractivity contribution is 5.84. The van der Waals surface area contributed by atoms with E-state index in [1.54, 1.807) is 6.08 Å². The summed E-state index contributed by atoms with van der Waals surface area (Å²) in [5.41, 5.74) is 4.51. The van der Waals surface area contributed by atoms with Gasteiger partial charge in [0.05, 0.1) is 0 Å². The van der Waals surface area contributed by atoms with Crippen molar-refractivity contribution in [3.63, 3.8) is 0 Å². The van der Waals surface area contributed by atoms with Gasteiger partial charge in [-0.05, 0) is 46.9 Å². The molecular weight excluding hydrogens is 384 g/mol. The van der Waals surface area contributed by atoms with E-state index in [0.717, 1.165) is 16.9 Å². The number of rotatable bonds is 4. The number of fused-ring (bicyclic) bond motifs is 2. The topological polar surface area (TPSA) is 78.4 Å². The first kappa shape index (κ1) is 19.8. The number of nitrogens with zero attached hydrogens (tertiary/aromatic N) is 1. The van der Waals surface area contributed by atoms with Crippen molar-refractivity contribution in [1.29, 1.82) is 0 Å². The molecule has 2 aliphatic heterocycles. The molecule has 0 saturated heterocycles. The lowest BCUT2D eigenvalue weighted by atomic mass is 9.87. The minimum Gasteiger partial charge on any atom is -0.485 e. The fourth-order valence-corrected chi connectivity index (χ4v) is 3.05. The zero-order valence-electron chi connectivity index (χ0n) is 17.2. The molecule has 2 aromatic rings. The number of nitrogens with one attached hydrogen (secondary N) is 1. The van der Waals surface area contributed by atoms with Gasteiger partial charge in [0.15, 0.2) is 23.0 Å². The molecule has 7 nitrogen and oxygen atoms in total. The molecule has 1 unspecified atom stereocenters. The summed E-state index contributed by atoms with van der Waals surface area (Å²) in [6, 6.07) is 11.5. The van der Waals surface area contributed by atoms with E-state index in [2.05, 4.69) is 31.3 Å². The molecule has 4 rings (SSSR count). The number of hydrazone groups is 1. The van der Waals surface area contributed by atoms with Gasteiger partial charge in [-0.3, -0.25) is 4.79 Å². The molecule has 2 aromatic carbocycles. The van der Waals surface area contributed by atoms with Crippen LogP contribution in [0.15, 0.2) is 47.6 Å². The van der Waals surface area contributed by atoms with Gasteiger partial charge >= 0.3 is 0 Å². The highest BCUT2D eigenvalue weighted by Crippen LogP contribution is 2.36. The number of hydrogen-bond acceptors (Lipinski definition) is 6. The number of hydrogen-bond donors (Lipinski definition) is 1. The Kier molecular flexibility index (Phi) is 5.35. The highest BCUT2D eigenvalue weighted by Gasteiger charge is 2.28. The molecule has 0 radical (unpaired) electrons. The number of carbonyl (C=O) groups excluding carboxylic acids is 1. The molecule has 1 atom stereocenters. The van der Waals surface area contributed by atoms with Gasteiger partial charge in [0.2, 0.25) is 12.9 Å². The van der Waals surface area contributed by atoms with Crippen molar-refractivity contribution in [2.24, 2.45) is 5.10 Å². The Morgan fingerprint density at radius 2 is 1.80 bits per heavy atom. The molecule has 0 saturated carbocycles. The van der Waals surface area contributed by atoms with Gasteiger partial charge < -0.3 is 18.9 Å². The summed E-state index contributed by atoms with van der Waals surface area (Å²) in [5.74, 6) is 2.29. The van der Waals surface area contributed by atoms with E-state index in [-0.39, 0.29) is 24.7 Å². The second-order valence-electron chi connectivity index (χ2n) is 8.06. The predicted octanol–water partition coefficient (Wildman–Crippen LogP) is 3.67. The van der Waals surface area contributed by atoms with Crippen molar-refractivity contribution in [2.75, 3.05) is 13.4 Å². The zero-order valence-corrected chi connectivity index (χ0v) is 17.2. The average Bonchev–Trinajstić information content (AvgIpc) is 3.19. The molecule has 0 aromatic heterocycles. The molecule has 0 fully saturated rings. The van der Waals surface area contributed by atoms with Gasteiger partial charge in [-0.25, -0.2) is 5.43 Å². The molecule has 1 amide bonds. The van der Waals surface area contributed by atoms with Crippen LogP contribution >= 0.6 is 0 Å². The summed E-state index contributed by atoms with van der Waals surface area (Å²) in [5, 5.41) is 3.94. The zero-order chi connectivity index (χ0) is 21.1. The van der Waals surface area contributed by atoms with E-state index in [0.29, 0.717) is 17.2 Å². The lowest BCUT2D eigenvalue weighted by Gasteiger charge is -2.27. The third kappa shape index (κ3) is 4.40. The molecule has 30 heavy (non-hydrogen) atoms. The number of carbonyl (C=O) groups is 1. The van der Waals surface area contributed by atoms with Crippen LogP contribution in [-0.4, -0.2) is 31.6 Å². The molecule has 156 valence electrons. The summed E-state index contributed by atoms with van der Waals surface area (Å²) >= 11 is 0. The van der Waals surface area contributed by atoms with Gasteiger partial charge in [-0.1, -0.05) is 39.0 Å². The van der Waals surface area contributed by atoms with Crippen LogP contribution in [0, 0.1) is 0 Å². The summed E-state index contributed by atoms with van der Waals surface area (Å²) in [4.78, 5) is 12.4. The largest absolute Gasteiger partial charge is 0.485 e. The molecule has 2 aliphatic rings. The minimum absolute atomic E-state index is 0.0256. The Morgan fingerprint density at radius 3 is 2.63 bits per heavy atom. The lowest BCUT2D eigenvalue weighted by Crippen LogP contribution is -2.42. The van der Waals surface area contributed by atoms with Crippen molar-refractivity contribution >= 4 is 18.2 Å². The maximum absolute atomic E-state index is 12.4. The molecule has 0 aliphatic carbocycles. The Balaban J connectivity index is 1.32. The molecule has 7 heteroatoms. The van der Waals surface area contributed by atoms with E-state index >= 15 is 0 Å². The Morgan fingerprint density at radius 1 is 1.03 bits per heavy atom. The fourth-order valence-electron chi connectivity index (χ4n) is 3.05. The third-order valence-electron chi connectivity index (χ3n) is 4.78. The highest BCUT2D eigenvalue weighted by atomic mass is 16.7. The van der Waals surface area contributed by atoms with E-state index in [1.165, 1.54) is 6.21 Å². The van der Waals surface area contributed by atoms with Crippen molar-refractivity contribution in [3.8, 4) is 23.0 Å². The smallest absolute Gasteiger partial charge is 0.284 e. The standard InChI is InChI=1S/C23H24N2O5/c1-23(2,3)16-7-9-18-20(12-16)30-21(13-27-18)22(26)25-24-10-4-5-15-6-8-17-19(11-15)29-14-28-17/h4-12,21H,13-14H2,1-3H3,(H,25,26)/b5-4+,24-10-. The first-order chi connectivity index (χ1) is 14.4. The molecule has 1 N–H and O–H groups in total. The van der Waals surface area contributed by atoms with Gasteiger partial charge in [0.1, 0.15) is 6.61 Å². The summed E-state index contributed by atoms with van der Waals surface area (Å²) in [6.07, 6.45) is 4.31. The molecule has 2 heterocycles. The lowest BCUT2D eigenvalue weighted by molar-refractivity contribution is -0.130. The van der Waals surface area contributed by atoms with E-state index in [4.69, 9.17) is 18.9 Å². The second-order valence-corrected chi connectivity index (χ2v) is 8.06. The van der Waals surface area contributed by atoms with Crippen molar-refractivity contribution in [3.05, 3.63) is 53.6 Å². The van der Waals surface area contributed by atoms with Crippen molar-refractivity contribution in [1.82, 2.24) is 5.43 Å². The van der Waals surface area contributed by atoms with Crippen molar-refractivity contribution < 1.29 is 23.7 Å². The maximum Gasteiger partial charge on any atom is 0.284 e. The Labute approximate surface area is 175 Å². The molecule has 0 spiro atoms. The van der Waals surface area contributed by atoms with Crippen LogP contribution in [0.25, 0.3) is 6.08 Å². The fraction of sp³-hybridized carbons (Fsp3) is 0.304. The van der Waals surface area contributed by atoms with Crippen LogP contribution in [-0.2, 0) is 10.2 Å². The van der Waals surface area contributed by atoms with Gasteiger partial charge in [-0.15, -0.1) is 0 Å². The van der Waals surface area contributed by atoms with E-state index < -0.39 is 6.10 Å². The second kappa shape index (κ2) is 8.10. The maximum atomic E-state index is 12.4. The van der Waals surface area contributed by atoms with Crippen molar-refractivity contribution in [2.45, 2.75) is 32.3 Å². The normalized spacial score (nSPS) is 17.5. The van der Waals surface area contributed by atoms with Gasteiger partial charge in [0.25, 0.3) is 5.91 Å². The summed E-state index contributed by atoms with van der Waals surface area (Å²) in [7, 11) is 0. The quantitative estimate of drug-likeness (QED) is 0.617. The Hall–Kier alpha value is -3.48. The van der Waals surface area contributed by atoms with Crippen LogP contribution < -0.4 is 24.4 Å². The van der Waals surface area contributed by atoms with Gasteiger partial charge in [0, 0.05) is 6.21 Å². The third-order valence-corrected chi connectivity index (χ3v) is 4.78. The molecule has 0 bridgehead atoms. The number of amides is 1. The summed E-state index contributed by atoms with van der Waals surface area (Å²) in [6.45, 7) is 6.73. The van der Waals surface area contributed by atoms with Crippen LogP contribution in [0.1, 0.15) is 31.9 Å². The first-order valence-electron chi connectivity index (χ1n) is 9.73. The molecular formula is C23H24N2O5. The van der Waals surface area contributed by atoms with E-state index in [1.807, 2.05) is 42.5 Å². The van der Waals surface area contributed by atoms with Crippen LogP contribution in [0.5, 0.6) is 23.0 Å². The van der Waals surface area contributed by atoms with Crippen LogP contribution in [0.3, 0.4) is 0 Å². The first-order valence-corrected chi connectivity index (χ1v) is 9.73. The monoisotopic (exact) mass is 408 g/mol. The van der Waals surface area contributed by atoms with Crippen LogP contribution in [0.4, 0.5) is 0 Å². The van der Waals surface area contributed by atoms with E-state index in [9.17, 15) is 4.79 Å². The Bertz CT molecular complexity index is 1010. The van der Waals surface area contributed by atoms with Gasteiger partial charge in [-0.2, -0.15) is 5.10 Å². The number of benzene rings is 2.